The van der Waals surface area contributed by atoms with Crippen LogP contribution in [0.5, 0.6) is 5.75 Å². The average molecular weight is 570 g/mol. The van der Waals surface area contributed by atoms with Crippen LogP contribution in [-0.2, 0) is 16.1 Å². The van der Waals surface area contributed by atoms with Crippen molar-refractivity contribution < 1.29 is 18.7 Å². The summed E-state index contributed by atoms with van der Waals surface area (Å²) in [7, 11) is 0. The molecular formula is C33H32FN3O3S. The molecule has 1 aliphatic heterocycles. The van der Waals surface area contributed by atoms with E-state index >= 15 is 0 Å². The number of ether oxygens (including phenoxy) is 2. The van der Waals surface area contributed by atoms with Crippen LogP contribution in [-0.4, -0.2) is 40.3 Å². The number of aromatic nitrogens is 1. The van der Waals surface area contributed by atoms with E-state index in [-0.39, 0.29) is 11.7 Å². The number of halogens is 1. The third-order valence-electron chi connectivity index (χ3n) is 6.70. The Morgan fingerprint density at radius 1 is 0.976 bits per heavy atom. The second-order valence-corrected chi connectivity index (χ2v) is 10.6. The molecule has 0 atom stereocenters. The first-order chi connectivity index (χ1) is 19.9. The number of aryl methyl sites for hydroxylation is 1. The van der Waals surface area contributed by atoms with Crippen molar-refractivity contribution in [3.8, 4) is 11.4 Å². The van der Waals surface area contributed by atoms with Gasteiger partial charge in [-0.15, -0.1) is 0 Å². The molecule has 1 aromatic heterocycles. The second kappa shape index (κ2) is 13.0. The maximum absolute atomic E-state index is 13.5. The molecule has 1 saturated heterocycles. The van der Waals surface area contributed by atoms with Crippen molar-refractivity contribution in [1.82, 2.24) is 9.47 Å². The van der Waals surface area contributed by atoms with E-state index in [0.29, 0.717) is 36.4 Å². The zero-order chi connectivity index (χ0) is 28.8. The summed E-state index contributed by atoms with van der Waals surface area (Å²) in [4.78, 5) is 20.5. The van der Waals surface area contributed by atoms with Crippen molar-refractivity contribution in [1.29, 1.82) is 0 Å². The van der Waals surface area contributed by atoms with Gasteiger partial charge in [0, 0.05) is 23.7 Å². The zero-order valence-corrected chi connectivity index (χ0v) is 24.2. The van der Waals surface area contributed by atoms with Crippen LogP contribution < -0.4 is 4.74 Å². The highest BCUT2D eigenvalue weighted by atomic mass is 32.2. The van der Waals surface area contributed by atoms with Gasteiger partial charge in [0.2, 0.25) is 0 Å². The van der Waals surface area contributed by atoms with Gasteiger partial charge in [0.25, 0.3) is 5.91 Å². The quantitative estimate of drug-likeness (QED) is 0.147. The largest absolute Gasteiger partial charge is 0.489 e. The molecule has 0 bridgehead atoms. The lowest BCUT2D eigenvalue weighted by Crippen LogP contribution is -2.32. The Balaban J connectivity index is 1.36. The molecule has 4 aromatic rings. The number of benzene rings is 3. The van der Waals surface area contributed by atoms with Crippen LogP contribution >= 0.6 is 11.8 Å². The second-order valence-electron chi connectivity index (χ2n) is 9.57. The molecule has 8 heteroatoms. The molecule has 0 N–H and O–H groups in total. The topological polar surface area (TPSA) is 56.1 Å². The van der Waals surface area contributed by atoms with Gasteiger partial charge in [-0.25, -0.2) is 9.38 Å². The lowest BCUT2D eigenvalue weighted by Gasteiger charge is -2.15. The van der Waals surface area contributed by atoms with E-state index < -0.39 is 0 Å². The van der Waals surface area contributed by atoms with Gasteiger partial charge < -0.3 is 14.0 Å². The third kappa shape index (κ3) is 6.78. The Kier molecular flexibility index (Phi) is 9.01. The summed E-state index contributed by atoms with van der Waals surface area (Å²) in [5.74, 6) is 0.395. The fourth-order valence-corrected chi connectivity index (χ4v) is 5.63. The summed E-state index contributed by atoms with van der Waals surface area (Å²) in [6, 6.07) is 25.9. The van der Waals surface area contributed by atoms with Gasteiger partial charge >= 0.3 is 0 Å². The number of aliphatic imine (C=N–C) groups is 1. The first kappa shape index (κ1) is 28.4. The Labute approximate surface area is 244 Å². The summed E-state index contributed by atoms with van der Waals surface area (Å²) >= 11 is 1.39. The number of thioether (sulfide) groups is 1. The van der Waals surface area contributed by atoms with Gasteiger partial charge in [-0.2, -0.15) is 0 Å². The Morgan fingerprint density at radius 2 is 1.71 bits per heavy atom. The van der Waals surface area contributed by atoms with E-state index in [9.17, 15) is 9.18 Å². The van der Waals surface area contributed by atoms with Gasteiger partial charge in [0.15, 0.2) is 5.17 Å². The van der Waals surface area contributed by atoms with Crippen molar-refractivity contribution in [3.63, 3.8) is 0 Å². The molecule has 3 aromatic carbocycles. The van der Waals surface area contributed by atoms with E-state index in [1.165, 1.54) is 23.9 Å². The summed E-state index contributed by atoms with van der Waals surface area (Å²) in [5.41, 5.74) is 5.75. The van der Waals surface area contributed by atoms with Crippen LogP contribution in [0.2, 0.25) is 0 Å². The molecule has 6 nitrogen and oxygen atoms in total. The first-order valence-corrected chi connectivity index (χ1v) is 14.3. The van der Waals surface area contributed by atoms with E-state index in [0.717, 1.165) is 39.6 Å². The highest BCUT2D eigenvalue weighted by molar-refractivity contribution is 8.18. The third-order valence-corrected chi connectivity index (χ3v) is 7.71. The molecule has 0 saturated carbocycles. The number of hydrogen-bond acceptors (Lipinski definition) is 5. The number of carbonyl (C=O) groups excluding carboxylic acids is 1. The maximum atomic E-state index is 13.5. The first-order valence-electron chi connectivity index (χ1n) is 13.5. The monoisotopic (exact) mass is 569 g/mol. The fraction of sp³-hybridized carbons (Fsp3) is 0.212. The standard InChI is InChI=1S/C33H32FN3O3S/c1-4-39-19-18-36-32(38)31(41-33(36)35-28-8-6-5-7-9-28)21-26-20-23(2)37(24(26)3)29-14-16-30(17-15-29)40-22-25-10-12-27(34)13-11-25/h5-17,20-21H,4,18-19,22H2,1-3H3/b31-21-,35-33?. The van der Waals surface area contributed by atoms with Crippen molar-refractivity contribution >= 4 is 34.6 Å². The molecule has 2 heterocycles. The maximum Gasteiger partial charge on any atom is 0.266 e. The van der Waals surface area contributed by atoms with Gasteiger partial charge in [-0.05, 0) is 104 Å². The predicted molar refractivity (Wildman–Crippen MR) is 163 cm³/mol. The summed E-state index contributed by atoms with van der Waals surface area (Å²) in [6.07, 6.45) is 1.95. The van der Waals surface area contributed by atoms with Crippen LogP contribution in [0, 0.1) is 19.7 Å². The van der Waals surface area contributed by atoms with Crippen molar-refractivity contribution in [2.45, 2.75) is 27.4 Å². The molecule has 41 heavy (non-hydrogen) atoms. The van der Waals surface area contributed by atoms with E-state index in [2.05, 4.69) is 10.6 Å². The predicted octanol–water partition coefficient (Wildman–Crippen LogP) is 7.45. The van der Waals surface area contributed by atoms with Crippen LogP contribution in [0.25, 0.3) is 11.8 Å². The van der Waals surface area contributed by atoms with Crippen LogP contribution in [0.3, 0.4) is 0 Å². The van der Waals surface area contributed by atoms with Gasteiger partial charge in [0.05, 0.1) is 23.7 Å². The van der Waals surface area contributed by atoms with Crippen LogP contribution in [0.4, 0.5) is 10.1 Å². The van der Waals surface area contributed by atoms with Gasteiger partial charge in [0.1, 0.15) is 18.2 Å². The molecule has 0 radical (unpaired) electrons. The molecule has 1 fully saturated rings. The van der Waals surface area contributed by atoms with E-state index in [1.807, 2.05) is 81.4 Å². The number of carbonyl (C=O) groups is 1. The number of amidine groups is 1. The molecule has 1 amide bonds. The SMILES string of the molecule is CCOCCN1C(=O)/C(=C/c2cc(C)n(-c3ccc(OCc4ccc(F)cc4)cc3)c2C)SC1=Nc1ccccc1. The minimum atomic E-state index is -0.263. The molecular weight excluding hydrogens is 537 g/mol. The number of rotatable bonds is 10. The van der Waals surface area contributed by atoms with Gasteiger partial charge in [-0.3, -0.25) is 9.69 Å². The van der Waals surface area contributed by atoms with E-state index in [4.69, 9.17) is 14.5 Å². The number of hydrogen-bond donors (Lipinski definition) is 0. The average Bonchev–Trinajstić information content (AvgIpc) is 3.43. The fourth-order valence-electron chi connectivity index (χ4n) is 4.61. The lowest BCUT2D eigenvalue weighted by molar-refractivity contribution is -0.122. The Hall–Kier alpha value is -4.14. The summed E-state index contributed by atoms with van der Waals surface area (Å²) in [5, 5.41) is 0.650. The number of para-hydroxylation sites is 1. The molecule has 210 valence electrons. The molecule has 1 aliphatic rings. The Bertz CT molecular complexity index is 1560. The minimum Gasteiger partial charge on any atom is -0.489 e. The number of nitrogens with zero attached hydrogens (tertiary/aromatic N) is 3. The number of amides is 1. The minimum absolute atomic E-state index is 0.0724. The molecule has 0 aliphatic carbocycles. The summed E-state index contributed by atoms with van der Waals surface area (Å²) in [6.45, 7) is 7.88. The Morgan fingerprint density at radius 3 is 2.41 bits per heavy atom. The zero-order valence-electron chi connectivity index (χ0n) is 23.3. The summed E-state index contributed by atoms with van der Waals surface area (Å²) < 4.78 is 26.7. The van der Waals surface area contributed by atoms with Crippen molar-refractivity contribution in [3.05, 3.63) is 118 Å². The van der Waals surface area contributed by atoms with Gasteiger partial charge in [-0.1, -0.05) is 30.3 Å². The molecule has 5 rings (SSSR count). The van der Waals surface area contributed by atoms with Crippen LogP contribution in [0.1, 0.15) is 29.4 Å². The molecule has 0 unspecified atom stereocenters. The highest BCUT2D eigenvalue weighted by Crippen LogP contribution is 2.35. The van der Waals surface area contributed by atoms with Crippen molar-refractivity contribution in [2.24, 2.45) is 4.99 Å². The van der Waals surface area contributed by atoms with Crippen molar-refractivity contribution in [2.75, 3.05) is 19.8 Å². The highest BCUT2D eigenvalue weighted by Gasteiger charge is 2.33. The van der Waals surface area contributed by atoms with E-state index in [1.54, 1.807) is 17.0 Å². The normalized spacial score (nSPS) is 15.3. The lowest BCUT2D eigenvalue weighted by atomic mass is 10.2. The van der Waals surface area contributed by atoms with Crippen LogP contribution in [0.15, 0.2) is 94.8 Å². The molecule has 0 spiro atoms. The smallest absolute Gasteiger partial charge is 0.266 e.